The van der Waals surface area contributed by atoms with Crippen molar-refractivity contribution < 1.29 is 29.1 Å². The molecule has 210 valence electrons. The number of halogens is 2. The van der Waals surface area contributed by atoms with Crippen molar-refractivity contribution in [3.8, 4) is 5.75 Å². The lowest BCUT2D eigenvalue weighted by Gasteiger charge is -2.25. The first-order valence-corrected chi connectivity index (χ1v) is 13.1. The van der Waals surface area contributed by atoms with Gasteiger partial charge in [-0.15, -0.1) is 0 Å². The molecule has 0 fully saturated rings. The molecule has 41 heavy (non-hydrogen) atoms. The molecule has 0 aromatic heterocycles. The highest BCUT2D eigenvalue weighted by Crippen LogP contribution is 2.33. The van der Waals surface area contributed by atoms with Crippen LogP contribution in [0.3, 0.4) is 0 Å². The molecule has 0 saturated carbocycles. The molecular formula is C29H24Cl2N4O6. The van der Waals surface area contributed by atoms with Gasteiger partial charge in [0.2, 0.25) is 12.1 Å². The van der Waals surface area contributed by atoms with Gasteiger partial charge in [0, 0.05) is 23.1 Å². The molecule has 0 aliphatic carbocycles. The highest BCUT2D eigenvalue weighted by molar-refractivity contribution is 6.37. The van der Waals surface area contributed by atoms with Crippen molar-refractivity contribution in [3.05, 3.63) is 93.5 Å². The molecule has 3 N–H and O–H groups in total. The SMILES string of the molecule is CC(=O)C[C@@H](C=O)NC(=O)CN1C(=O)C(NC(=O)c2cc(Cl)c(O)c(Cl)c2)N=C(c2ccccc2)c2ccccc21. The lowest BCUT2D eigenvalue weighted by Crippen LogP contribution is -2.51. The minimum absolute atomic E-state index is 0.0360. The number of nitrogens with zero attached hydrogens (tertiary/aromatic N) is 2. The van der Waals surface area contributed by atoms with Gasteiger partial charge in [0.05, 0.1) is 27.5 Å². The number of para-hydroxylation sites is 1. The molecule has 0 radical (unpaired) electrons. The number of aromatic hydroxyl groups is 1. The number of anilines is 1. The zero-order valence-electron chi connectivity index (χ0n) is 21.6. The van der Waals surface area contributed by atoms with Crippen LogP contribution in [0.4, 0.5) is 5.69 Å². The van der Waals surface area contributed by atoms with E-state index < -0.39 is 42.2 Å². The Balaban J connectivity index is 1.75. The molecule has 1 aliphatic heterocycles. The number of Topliss-reactive ketones (excluding diaryl/α,β-unsaturated/α-hetero) is 1. The molecule has 1 aliphatic rings. The number of rotatable bonds is 9. The van der Waals surface area contributed by atoms with Crippen molar-refractivity contribution in [2.24, 2.45) is 4.99 Å². The largest absolute Gasteiger partial charge is 0.505 e. The van der Waals surface area contributed by atoms with Gasteiger partial charge in [-0.3, -0.25) is 24.1 Å². The fraction of sp³-hybridized carbons (Fsp3) is 0.172. The van der Waals surface area contributed by atoms with Crippen LogP contribution in [-0.4, -0.2) is 59.4 Å². The number of hydrogen-bond donors (Lipinski definition) is 3. The van der Waals surface area contributed by atoms with Crippen LogP contribution in [0.15, 0.2) is 71.7 Å². The van der Waals surface area contributed by atoms with Gasteiger partial charge < -0.3 is 20.5 Å². The highest BCUT2D eigenvalue weighted by Gasteiger charge is 2.34. The number of aldehydes is 1. The zero-order valence-corrected chi connectivity index (χ0v) is 23.1. The second-order valence-electron chi connectivity index (χ2n) is 9.17. The number of phenolic OH excluding ortho intramolecular Hbond substituents is 1. The maximum Gasteiger partial charge on any atom is 0.272 e. The van der Waals surface area contributed by atoms with Gasteiger partial charge in [0.15, 0.2) is 5.75 Å². The van der Waals surface area contributed by atoms with Crippen LogP contribution >= 0.6 is 23.2 Å². The number of amides is 3. The molecule has 12 heteroatoms. The number of fused-ring (bicyclic) bond motifs is 1. The minimum atomic E-state index is -1.50. The van der Waals surface area contributed by atoms with Crippen molar-refractivity contribution in [1.82, 2.24) is 10.6 Å². The van der Waals surface area contributed by atoms with Crippen molar-refractivity contribution in [2.45, 2.75) is 25.6 Å². The van der Waals surface area contributed by atoms with Gasteiger partial charge in [-0.2, -0.15) is 0 Å². The van der Waals surface area contributed by atoms with E-state index in [2.05, 4.69) is 15.6 Å². The summed E-state index contributed by atoms with van der Waals surface area (Å²) in [5.74, 6) is -2.89. The lowest BCUT2D eigenvalue weighted by molar-refractivity contribution is -0.126. The third kappa shape index (κ3) is 6.79. The van der Waals surface area contributed by atoms with Crippen LogP contribution in [0, 0.1) is 0 Å². The van der Waals surface area contributed by atoms with E-state index in [1.807, 2.05) is 6.07 Å². The quantitative estimate of drug-likeness (QED) is 0.324. The molecule has 0 bridgehead atoms. The number of phenols is 1. The number of hydrogen-bond acceptors (Lipinski definition) is 7. The predicted octanol–water partition coefficient (Wildman–Crippen LogP) is 3.30. The van der Waals surface area contributed by atoms with Crippen molar-refractivity contribution in [2.75, 3.05) is 11.4 Å². The van der Waals surface area contributed by atoms with E-state index in [0.29, 0.717) is 28.8 Å². The Kier molecular flexibility index (Phi) is 9.16. The molecule has 1 unspecified atom stereocenters. The van der Waals surface area contributed by atoms with E-state index in [4.69, 9.17) is 23.2 Å². The summed E-state index contributed by atoms with van der Waals surface area (Å²) in [4.78, 5) is 68.8. The Morgan fingerprint density at radius 3 is 2.32 bits per heavy atom. The van der Waals surface area contributed by atoms with Crippen LogP contribution < -0.4 is 15.5 Å². The third-order valence-corrected chi connectivity index (χ3v) is 6.70. The normalized spacial score (nSPS) is 15.2. The number of benzodiazepines with no additional fused rings is 1. The minimum Gasteiger partial charge on any atom is -0.505 e. The average molecular weight is 595 g/mol. The van der Waals surface area contributed by atoms with E-state index in [9.17, 15) is 29.1 Å². The summed E-state index contributed by atoms with van der Waals surface area (Å²) < 4.78 is 0. The Hall–Kier alpha value is -4.54. The summed E-state index contributed by atoms with van der Waals surface area (Å²) in [6.45, 7) is 0.764. The molecule has 1 heterocycles. The first-order chi connectivity index (χ1) is 19.6. The molecule has 10 nitrogen and oxygen atoms in total. The van der Waals surface area contributed by atoms with E-state index in [0.717, 1.165) is 4.90 Å². The average Bonchev–Trinajstić information content (AvgIpc) is 3.06. The number of aliphatic imine (C=N–C) groups is 1. The van der Waals surface area contributed by atoms with E-state index in [1.165, 1.54) is 19.1 Å². The van der Waals surface area contributed by atoms with Crippen LogP contribution in [-0.2, 0) is 19.2 Å². The summed E-state index contributed by atoms with van der Waals surface area (Å²) in [6, 6.07) is 17.1. The molecule has 3 aromatic carbocycles. The number of nitrogens with one attached hydrogen (secondary N) is 2. The molecular weight excluding hydrogens is 571 g/mol. The Labute approximate surface area is 245 Å². The first-order valence-electron chi connectivity index (χ1n) is 12.4. The van der Waals surface area contributed by atoms with E-state index in [-0.39, 0.29) is 27.8 Å². The smallest absolute Gasteiger partial charge is 0.272 e. The molecule has 3 amide bonds. The maximum atomic E-state index is 13.9. The summed E-state index contributed by atoms with van der Waals surface area (Å²) in [5, 5.41) is 14.6. The Bertz CT molecular complexity index is 1540. The Morgan fingerprint density at radius 1 is 1.05 bits per heavy atom. The monoisotopic (exact) mass is 594 g/mol. The van der Waals surface area contributed by atoms with Crippen LogP contribution in [0.1, 0.15) is 34.8 Å². The highest BCUT2D eigenvalue weighted by atomic mass is 35.5. The summed E-state index contributed by atoms with van der Waals surface area (Å²) in [7, 11) is 0. The lowest BCUT2D eigenvalue weighted by atomic mass is 10.0. The standard InChI is InChI=1S/C29H24Cl2N4O6/c1-16(37)11-19(15-36)32-24(38)14-35-23-10-6-5-9-20(23)25(17-7-3-2-4-8-17)33-27(29(35)41)34-28(40)18-12-21(30)26(39)22(31)13-18/h2-10,12-13,15,19,27,39H,11,14H2,1H3,(H,32,38)(H,34,40)/t19-,27?/m0/s1. The topological polar surface area (TPSA) is 145 Å². The second-order valence-corrected chi connectivity index (χ2v) is 9.98. The van der Waals surface area contributed by atoms with Crippen LogP contribution in [0.25, 0.3) is 0 Å². The van der Waals surface area contributed by atoms with Crippen LogP contribution in [0.2, 0.25) is 10.0 Å². The first kappa shape index (κ1) is 29.4. The number of ketones is 1. The maximum absolute atomic E-state index is 13.9. The zero-order chi connectivity index (χ0) is 29.7. The molecule has 3 aromatic rings. The van der Waals surface area contributed by atoms with Gasteiger partial charge in [0.1, 0.15) is 18.6 Å². The second kappa shape index (κ2) is 12.8. The third-order valence-electron chi connectivity index (χ3n) is 6.12. The number of carbonyl (C=O) groups is 5. The van der Waals surface area contributed by atoms with Gasteiger partial charge in [-0.25, -0.2) is 4.99 Å². The van der Waals surface area contributed by atoms with Crippen LogP contribution in [0.5, 0.6) is 5.75 Å². The van der Waals surface area contributed by atoms with Gasteiger partial charge >= 0.3 is 0 Å². The fourth-order valence-electron chi connectivity index (χ4n) is 4.26. The van der Waals surface area contributed by atoms with Crippen molar-refractivity contribution in [1.29, 1.82) is 0 Å². The van der Waals surface area contributed by atoms with Gasteiger partial charge in [-0.1, -0.05) is 71.7 Å². The summed E-state index contributed by atoms with van der Waals surface area (Å²) in [6.07, 6.45) is -1.24. The Morgan fingerprint density at radius 2 is 1.68 bits per heavy atom. The fourth-order valence-corrected chi connectivity index (χ4v) is 4.74. The number of carbonyl (C=O) groups excluding carboxylic acids is 5. The van der Waals surface area contributed by atoms with E-state index in [1.54, 1.807) is 48.5 Å². The van der Waals surface area contributed by atoms with Gasteiger partial charge in [-0.05, 0) is 25.1 Å². The summed E-state index contributed by atoms with van der Waals surface area (Å²) >= 11 is 12.0. The molecule has 0 spiro atoms. The molecule has 2 atom stereocenters. The predicted molar refractivity (Wildman–Crippen MR) is 154 cm³/mol. The summed E-state index contributed by atoms with van der Waals surface area (Å²) in [5.41, 5.74) is 1.86. The van der Waals surface area contributed by atoms with Crippen molar-refractivity contribution >= 4 is 64.4 Å². The molecule has 4 rings (SSSR count). The van der Waals surface area contributed by atoms with Crippen molar-refractivity contribution in [3.63, 3.8) is 0 Å². The molecule has 0 saturated heterocycles. The van der Waals surface area contributed by atoms with Gasteiger partial charge in [0.25, 0.3) is 11.8 Å². The van der Waals surface area contributed by atoms with E-state index >= 15 is 0 Å². The number of benzene rings is 3.